The topological polar surface area (TPSA) is 78.7 Å². The van der Waals surface area contributed by atoms with Crippen LogP contribution in [0.1, 0.15) is 67.6 Å². The summed E-state index contributed by atoms with van der Waals surface area (Å²) in [4.78, 5) is 31.9. The van der Waals surface area contributed by atoms with E-state index in [4.69, 9.17) is 5.73 Å². The fourth-order valence-corrected chi connectivity index (χ4v) is 6.19. The summed E-state index contributed by atoms with van der Waals surface area (Å²) in [5.41, 5.74) is 7.11. The molecule has 2 atom stereocenters. The molecule has 2 aromatic rings. The molecule has 2 aliphatic rings. The Bertz CT molecular complexity index is 989. The number of likely N-dealkylation sites (tertiary alicyclic amines) is 1. The molecule has 1 aromatic carbocycles. The van der Waals surface area contributed by atoms with Crippen LogP contribution in [0.3, 0.4) is 0 Å². The molecule has 196 valence electrons. The number of nitrogens with zero attached hydrogens (tertiary/aromatic N) is 2. The van der Waals surface area contributed by atoms with Gasteiger partial charge in [-0.25, -0.2) is 4.39 Å². The Hall–Kier alpha value is -2.29. The van der Waals surface area contributed by atoms with Gasteiger partial charge in [-0.15, -0.1) is 11.3 Å². The molecule has 0 radical (unpaired) electrons. The predicted molar refractivity (Wildman–Crippen MR) is 142 cm³/mol. The van der Waals surface area contributed by atoms with Crippen LogP contribution in [0.4, 0.5) is 4.39 Å². The lowest BCUT2D eigenvalue weighted by Crippen LogP contribution is -2.58. The normalized spacial score (nSPS) is 24.8. The van der Waals surface area contributed by atoms with Gasteiger partial charge in [-0.2, -0.15) is 0 Å². The molecule has 1 aliphatic heterocycles. The van der Waals surface area contributed by atoms with Gasteiger partial charge in [0.2, 0.25) is 5.91 Å². The summed E-state index contributed by atoms with van der Waals surface area (Å²) in [5, 5.41) is 5.15. The number of nitrogens with two attached hydrogens (primary N) is 1. The number of carbonyl (C=O) groups excluding carboxylic acids is 2. The third-order valence-corrected chi connectivity index (χ3v) is 8.26. The van der Waals surface area contributed by atoms with Crippen molar-refractivity contribution in [1.82, 2.24) is 15.1 Å². The van der Waals surface area contributed by atoms with Gasteiger partial charge >= 0.3 is 0 Å². The molecule has 2 fully saturated rings. The highest BCUT2D eigenvalue weighted by Gasteiger charge is 2.39. The number of carbonyl (C=O) groups is 2. The summed E-state index contributed by atoms with van der Waals surface area (Å²) in [7, 11) is 0. The minimum Gasteiger partial charge on any atom is -0.352 e. The second-order valence-corrected chi connectivity index (χ2v) is 11.7. The lowest BCUT2D eigenvalue weighted by atomic mass is 9.90. The SMILES string of the molecule is CC(C)CN(Cc1ccc(F)cc1)C1CCN(C(=O)c2cccs2)[C@@H](C(=O)NC2CCC(N)CC2)C1. The molecule has 8 heteroatoms. The van der Waals surface area contributed by atoms with Crippen LogP contribution in [-0.2, 0) is 11.3 Å². The van der Waals surface area contributed by atoms with Gasteiger partial charge < -0.3 is 16.0 Å². The van der Waals surface area contributed by atoms with Gasteiger partial charge in [0.15, 0.2) is 0 Å². The van der Waals surface area contributed by atoms with E-state index in [1.54, 1.807) is 4.90 Å². The Morgan fingerprint density at radius 2 is 1.86 bits per heavy atom. The maximum Gasteiger partial charge on any atom is 0.264 e. The Morgan fingerprint density at radius 3 is 2.50 bits per heavy atom. The van der Waals surface area contributed by atoms with E-state index in [-0.39, 0.29) is 35.8 Å². The average Bonchev–Trinajstić information content (AvgIpc) is 3.40. The van der Waals surface area contributed by atoms with Crippen molar-refractivity contribution in [2.75, 3.05) is 13.1 Å². The number of amides is 2. The Labute approximate surface area is 218 Å². The first-order valence-corrected chi connectivity index (χ1v) is 14.1. The fraction of sp³-hybridized carbons (Fsp3) is 0.571. The van der Waals surface area contributed by atoms with Crippen LogP contribution in [0, 0.1) is 11.7 Å². The molecular weight excluding hydrogens is 475 g/mol. The molecule has 6 nitrogen and oxygen atoms in total. The van der Waals surface area contributed by atoms with Crippen LogP contribution in [0.15, 0.2) is 41.8 Å². The second-order valence-electron chi connectivity index (χ2n) is 10.7. The van der Waals surface area contributed by atoms with Gasteiger partial charge in [-0.3, -0.25) is 14.5 Å². The minimum atomic E-state index is -0.517. The molecule has 1 saturated heterocycles. The quantitative estimate of drug-likeness (QED) is 0.547. The summed E-state index contributed by atoms with van der Waals surface area (Å²) >= 11 is 1.41. The van der Waals surface area contributed by atoms with Crippen molar-refractivity contribution < 1.29 is 14.0 Å². The molecule has 2 amide bonds. The maximum atomic E-state index is 13.6. The number of hydrogen-bond acceptors (Lipinski definition) is 5. The third kappa shape index (κ3) is 6.93. The first kappa shape index (κ1) is 26.8. The number of rotatable bonds is 8. The highest BCUT2D eigenvalue weighted by molar-refractivity contribution is 7.12. The standard InChI is InChI=1S/C28H39FN4O2S/c1-19(2)17-32(18-20-5-7-21(29)8-6-20)24-13-14-33(28(35)26-4-3-15-36-26)25(16-24)27(34)31-23-11-9-22(30)10-12-23/h3-8,15,19,22-25H,9-14,16-18,30H2,1-2H3,(H,31,34)/t22?,23?,24?,25-/m1/s1. The summed E-state index contributed by atoms with van der Waals surface area (Å²) in [6.07, 6.45) is 4.97. The zero-order valence-electron chi connectivity index (χ0n) is 21.4. The molecule has 4 rings (SSSR count). The van der Waals surface area contributed by atoms with E-state index < -0.39 is 6.04 Å². The van der Waals surface area contributed by atoms with E-state index in [0.717, 1.165) is 44.2 Å². The minimum absolute atomic E-state index is 0.0589. The molecule has 0 spiro atoms. The van der Waals surface area contributed by atoms with E-state index in [1.807, 2.05) is 29.6 Å². The maximum absolute atomic E-state index is 13.6. The smallest absolute Gasteiger partial charge is 0.264 e. The van der Waals surface area contributed by atoms with Crippen molar-refractivity contribution in [2.45, 2.75) is 83.1 Å². The van der Waals surface area contributed by atoms with Crippen LogP contribution < -0.4 is 11.1 Å². The van der Waals surface area contributed by atoms with Crippen molar-refractivity contribution in [2.24, 2.45) is 11.7 Å². The summed E-state index contributed by atoms with van der Waals surface area (Å²) < 4.78 is 13.5. The number of hydrogen-bond donors (Lipinski definition) is 2. The van der Waals surface area contributed by atoms with E-state index in [1.165, 1.54) is 23.5 Å². The number of halogens is 1. The highest BCUT2D eigenvalue weighted by atomic mass is 32.1. The molecule has 36 heavy (non-hydrogen) atoms. The Kier molecular flexibility index (Phi) is 9.14. The summed E-state index contributed by atoms with van der Waals surface area (Å²) in [6, 6.07) is 10.3. The average molecular weight is 515 g/mol. The van der Waals surface area contributed by atoms with E-state index >= 15 is 0 Å². The lowest BCUT2D eigenvalue weighted by Gasteiger charge is -2.43. The monoisotopic (exact) mass is 514 g/mol. The van der Waals surface area contributed by atoms with Crippen LogP contribution in [-0.4, -0.2) is 58.9 Å². The molecule has 1 aromatic heterocycles. The molecule has 1 unspecified atom stereocenters. The number of benzene rings is 1. The molecule has 3 N–H and O–H groups in total. The molecule has 1 aliphatic carbocycles. The number of nitrogens with one attached hydrogen (secondary N) is 1. The fourth-order valence-electron chi connectivity index (χ4n) is 5.51. The lowest BCUT2D eigenvalue weighted by molar-refractivity contribution is -0.128. The van der Waals surface area contributed by atoms with Gasteiger partial charge in [0.25, 0.3) is 5.91 Å². The van der Waals surface area contributed by atoms with Crippen LogP contribution in [0.2, 0.25) is 0 Å². The largest absolute Gasteiger partial charge is 0.352 e. The first-order valence-electron chi connectivity index (χ1n) is 13.2. The van der Waals surface area contributed by atoms with Crippen LogP contribution in [0.25, 0.3) is 0 Å². The van der Waals surface area contributed by atoms with E-state index in [9.17, 15) is 14.0 Å². The highest BCUT2D eigenvalue weighted by Crippen LogP contribution is 2.28. The number of thiophene rings is 1. The number of piperidine rings is 1. The first-order chi connectivity index (χ1) is 17.3. The van der Waals surface area contributed by atoms with Crippen molar-refractivity contribution in [3.63, 3.8) is 0 Å². The van der Waals surface area contributed by atoms with Crippen molar-refractivity contribution in [3.05, 3.63) is 58.0 Å². The zero-order chi connectivity index (χ0) is 25.7. The van der Waals surface area contributed by atoms with Crippen LogP contribution in [0.5, 0.6) is 0 Å². The zero-order valence-corrected chi connectivity index (χ0v) is 22.2. The van der Waals surface area contributed by atoms with E-state index in [0.29, 0.717) is 30.3 Å². The van der Waals surface area contributed by atoms with Gasteiger partial charge in [-0.1, -0.05) is 32.0 Å². The molecule has 0 bridgehead atoms. The molecule has 2 heterocycles. The third-order valence-electron chi connectivity index (χ3n) is 7.40. The van der Waals surface area contributed by atoms with E-state index in [2.05, 4.69) is 24.1 Å². The van der Waals surface area contributed by atoms with Gasteiger partial charge in [0, 0.05) is 37.8 Å². The van der Waals surface area contributed by atoms with Crippen molar-refractivity contribution in [1.29, 1.82) is 0 Å². The van der Waals surface area contributed by atoms with Crippen molar-refractivity contribution >= 4 is 23.2 Å². The Balaban J connectivity index is 1.52. The van der Waals surface area contributed by atoms with Crippen molar-refractivity contribution in [3.8, 4) is 0 Å². The summed E-state index contributed by atoms with van der Waals surface area (Å²) in [5.74, 6) is 0.0736. The van der Waals surface area contributed by atoms with Gasteiger partial charge in [-0.05, 0) is 73.6 Å². The molecule has 1 saturated carbocycles. The second kappa shape index (κ2) is 12.3. The predicted octanol–water partition coefficient (Wildman–Crippen LogP) is 4.40. The van der Waals surface area contributed by atoms with Gasteiger partial charge in [0.05, 0.1) is 4.88 Å². The van der Waals surface area contributed by atoms with Gasteiger partial charge in [0.1, 0.15) is 11.9 Å². The summed E-state index contributed by atoms with van der Waals surface area (Å²) in [6.45, 7) is 6.47. The molecular formula is C28H39FN4O2S. The Morgan fingerprint density at radius 1 is 1.14 bits per heavy atom. The van der Waals surface area contributed by atoms with Crippen LogP contribution >= 0.6 is 11.3 Å².